The second kappa shape index (κ2) is 6.47. The summed E-state index contributed by atoms with van der Waals surface area (Å²) in [4.78, 5) is 22.1. The van der Waals surface area contributed by atoms with Crippen LogP contribution < -0.4 is 10.6 Å². The SMILES string of the molecule is CC(=O)CCNC(=O)Nc1ccc(Cl)cc1Cl. The van der Waals surface area contributed by atoms with Gasteiger partial charge in [-0.3, -0.25) is 4.79 Å². The molecular formula is C11H12Cl2N2O2. The van der Waals surface area contributed by atoms with Gasteiger partial charge in [0.1, 0.15) is 5.78 Å². The Bertz CT molecular complexity index is 435. The summed E-state index contributed by atoms with van der Waals surface area (Å²) in [5.41, 5.74) is 0.469. The van der Waals surface area contributed by atoms with Crippen LogP contribution in [-0.2, 0) is 4.79 Å². The van der Waals surface area contributed by atoms with Gasteiger partial charge in [0.2, 0.25) is 0 Å². The molecule has 0 atom stereocenters. The highest BCUT2D eigenvalue weighted by Crippen LogP contribution is 2.25. The van der Waals surface area contributed by atoms with Crippen molar-refractivity contribution in [3.05, 3.63) is 28.2 Å². The third kappa shape index (κ3) is 5.06. The van der Waals surface area contributed by atoms with Gasteiger partial charge in [0.25, 0.3) is 0 Å². The highest BCUT2D eigenvalue weighted by atomic mass is 35.5. The molecule has 6 heteroatoms. The van der Waals surface area contributed by atoms with Crippen LogP contribution >= 0.6 is 23.2 Å². The number of Topliss-reactive ketones (excluding diaryl/α,β-unsaturated/α-hetero) is 1. The summed E-state index contributed by atoms with van der Waals surface area (Å²) in [7, 11) is 0. The summed E-state index contributed by atoms with van der Waals surface area (Å²) >= 11 is 11.6. The van der Waals surface area contributed by atoms with E-state index in [-0.39, 0.29) is 5.78 Å². The van der Waals surface area contributed by atoms with E-state index in [2.05, 4.69) is 10.6 Å². The fourth-order valence-corrected chi connectivity index (χ4v) is 1.57. The van der Waals surface area contributed by atoms with E-state index in [0.29, 0.717) is 28.7 Å². The molecule has 4 nitrogen and oxygen atoms in total. The molecule has 0 aliphatic carbocycles. The van der Waals surface area contributed by atoms with Crippen LogP contribution in [0, 0.1) is 0 Å². The average molecular weight is 275 g/mol. The molecule has 0 fully saturated rings. The highest BCUT2D eigenvalue weighted by Gasteiger charge is 2.05. The van der Waals surface area contributed by atoms with Gasteiger partial charge in [-0.2, -0.15) is 0 Å². The molecule has 2 N–H and O–H groups in total. The molecule has 0 saturated heterocycles. The minimum absolute atomic E-state index is 0.0230. The Balaban J connectivity index is 2.48. The molecule has 92 valence electrons. The molecule has 2 amide bonds. The lowest BCUT2D eigenvalue weighted by molar-refractivity contribution is -0.116. The zero-order valence-electron chi connectivity index (χ0n) is 9.22. The quantitative estimate of drug-likeness (QED) is 0.887. The molecule has 1 rings (SSSR count). The standard InChI is InChI=1S/C11H12Cl2N2O2/c1-7(16)4-5-14-11(17)15-10-3-2-8(12)6-9(10)13/h2-3,6H,4-5H2,1H3,(H2,14,15,17). The van der Waals surface area contributed by atoms with E-state index >= 15 is 0 Å². The summed E-state index contributed by atoms with van der Waals surface area (Å²) in [5, 5.41) is 5.96. The first-order valence-corrected chi connectivity index (χ1v) is 5.74. The van der Waals surface area contributed by atoms with Crippen molar-refractivity contribution in [2.45, 2.75) is 13.3 Å². The molecule has 1 aromatic carbocycles. The van der Waals surface area contributed by atoms with Crippen molar-refractivity contribution < 1.29 is 9.59 Å². The summed E-state index contributed by atoms with van der Waals surface area (Å²) in [6.07, 6.45) is 0.307. The van der Waals surface area contributed by atoms with Gasteiger partial charge in [-0.25, -0.2) is 4.79 Å². The monoisotopic (exact) mass is 274 g/mol. The van der Waals surface area contributed by atoms with Gasteiger partial charge in [0, 0.05) is 18.0 Å². The van der Waals surface area contributed by atoms with Crippen molar-refractivity contribution in [1.82, 2.24) is 5.32 Å². The largest absolute Gasteiger partial charge is 0.337 e. The fraction of sp³-hybridized carbons (Fsp3) is 0.273. The second-order valence-electron chi connectivity index (χ2n) is 3.46. The summed E-state index contributed by atoms with van der Waals surface area (Å²) < 4.78 is 0. The normalized spacial score (nSPS) is 9.82. The average Bonchev–Trinajstić information content (AvgIpc) is 2.21. The van der Waals surface area contributed by atoms with Crippen molar-refractivity contribution in [2.75, 3.05) is 11.9 Å². The molecule has 17 heavy (non-hydrogen) atoms. The molecule has 0 aliphatic heterocycles. The Hall–Kier alpha value is -1.26. The molecule has 0 bridgehead atoms. The number of nitrogens with one attached hydrogen (secondary N) is 2. The van der Waals surface area contributed by atoms with Crippen molar-refractivity contribution in [2.24, 2.45) is 0 Å². The van der Waals surface area contributed by atoms with Crippen LogP contribution in [0.4, 0.5) is 10.5 Å². The molecule has 1 aromatic rings. The van der Waals surface area contributed by atoms with Crippen molar-refractivity contribution in [3.63, 3.8) is 0 Å². The smallest absolute Gasteiger partial charge is 0.319 e. The van der Waals surface area contributed by atoms with Gasteiger partial charge in [-0.1, -0.05) is 23.2 Å². The Kier molecular flexibility index (Phi) is 5.25. The Morgan fingerprint density at radius 1 is 1.29 bits per heavy atom. The number of hydrogen-bond donors (Lipinski definition) is 2. The second-order valence-corrected chi connectivity index (χ2v) is 4.30. The van der Waals surface area contributed by atoms with Gasteiger partial charge in [-0.05, 0) is 25.1 Å². The number of carbonyl (C=O) groups is 2. The first-order chi connectivity index (χ1) is 7.99. The number of anilines is 1. The highest BCUT2D eigenvalue weighted by molar-refractivity contribution is 6.36. The Labute approximate surface area is 109 Å². The Morgan fingerprint density at radius 2 is 2.00 bits per heavy atom. The molecule has 0 saturated carbocycles. The number of ketones is 1. The van der Waals surface area contributed by atoms with Crippen LogP contribution in [0.15, 0.2) is 18.2 Å². The summed E-state index contributed by atoms with van der Waals surface area (Å²) in [5.74, 6) is 0.0230. The van der Waals surface area contributed by atoms with Crippen LogP contribution in [0.25, 0.3) is 0 Å². The molecule has 0 spiro atoms. The van der Waals surface area contributed by atoms with Crippen LogP contribution in [-0.4, -0.2) is 18.4 Å². The van der Waals surface area contributed by atoms with E-state index in [1.54, 1.807) is 12.1 Å². The number of urea groups is 1. The van der Waals surface area contributed by atoms with E-state index < -0.39 is 6.03 Å². The van der Waals surface area contributed by atoms with Gasteiger partial charge >= 0.3 is 6.03 Å². The Morgan fingerprint density at radius 3 is 2.59 bits per heavy atom. The molecule has 0 radical (unpaired) electrons. The van der Waals surface area contributed by atoms with Gasteiger partial charge in [-0.15, -0.1) is 0 Å². The van der Waals surface area contributed by atoms with Crippen molar-refractivity contribution >= 4 is 40.7 Å². The number of halogens is 2. The maximum atomic E-state index is 11.4. The van der Waals surface area contributed by atoms with Crippen molar-refractivity contribution in [1.29, 1.82) is 0 Å². The van der Waals surface area contributed by atoms with Gasteiger partial charge < -0.3 is 10.6 Å². The number of benzene rings is 1. The lowest BCUT2D eigenvalue weighted by atomic mass is 10.3. The van der Waals surface area contributed by atoms with E-state index in [1.807, 2.05) is 0 Å². The van der Waals surface area contributed by atoms with Crippen LogP contribution in [0.2, 0.25) is 10.0 Å². The van der Waals surface area contributed by atoms with Crippen LogP contribution in [0.1, 0.15) is 13.3 Å². The van der Waals surface area contributed by atoms with Gasteiger partial charge in [0.05, 0.1) is 10.7 Å². The van der Waals surface area contributed by atoms with E-state index in [0.717, 1.165) is 0 Å². The minimum Gasteiger partial charge on any atom is -0.337 e. The van der Waals surface area contributed by atoms with E-state index in [4.69, 9.17) is 23.2 Å². The van der Waals surface area contributed by atoms with Crippen LogP contribution in [0.5, 0.6) is 0 Å². The third-order valence-corrected chi connectivity index (χ3v) is 2.49. The zero-order valence-corrected chi connectivity index (χ0v) is 10.7. The third-order valence-electron chi connectivity index (χ3n) is 1.94. The number of amides is 2. The number of carbonyl (C=O) groups excluding carboxylic acids is 2. The van der Waals surface area contributed by atoms with Gasteiger partial charge in [0.15, 0.2) is 0 Å². The number of hydrogen-bond acceptors (Lipinski definition) is 2. The first kappa shape index (κ1) is 13.8. The topological polar surface area (TPSA) is 58.2 Å². The predicted octanol–water partition coefficient (Wildman–Crippen LogP) is 3.09. The maximum Gasteiger partial charge on any atom is 0.319 e. The van der Waals surface area contributed by atoms with E-state index in [1.165, 1.54) is 13.0 Å². The molecule has 0 aromatic heterocycles. The predicted molar refractivity (Wildman–Crippen MR) is 68.8 cm³/mol. The van der Waals surface area contributed by atoms with Crippen LogP contribution in [0.3, 0.4) is 0 Å². The summed E-state index contributed by atoms with van der Waals surface area (Å²) in [6, 6.07) is 4.36. The molecule has 0 heterocycles. The van der Waals surface area contributed by atoms with Crippen molar-refractivity contribution in [3.8, 4) is 0 Å². The molecule has 0 unspecified atom stereocenters. The number of rotatable bonds is 4. The van der Waals surface area contributed by atoms with E-state index in [9.17, 15) is 9.59 Å². The maximum absolute atomic E-state index is 11.4. The lowest BCUT2D eigenvalue weighted by Gasteiger charge is -2.08. The fourth-order valence-electron chi connectivity index (χ4n) is 1.11. The first-order valence-electron chi connectivity index (χ1n) is 4.98. The zero-order chi connectivity index (χ0) is 12.8. The lowest BCUT2D eigenvalue weighted by Crippen LogP contribution is -2.30. The summed E-state index contributed by atoms with van der Waals surface area (Å²) in [6.45, 7) is 1.77. The molecule has 0 aliphatic rings. The molecular weight excluding hydrogens is 263 g/mol. The minimum atomic E-state index is -0.407.